The molecule has 0 bridgehead atoms. The van der Waals surface area contributed by atoms with E-state index < -0.39 is 29.7 Å². The van der Waals surface area contributed by atoms with Gasteiger partial charge in [-0.15, -0.1) is 0 Å². The van der Waals surface area contributed by atoms with Crippen molar-refractivity contribution in [2.24, 2.45) is 0 Å². The first-order chi connectivity index (χ1) is 32.4. The van der Waals surface area contributed by atoms with Gasteiger partial charge < -0.3 is 47.8 Å². The fourth-order valence-corrected chi connectivity index (χ4v) is 6.22. The molecule has 0 aliphatic carbocycles. The number of pyridine rings is 4. The summed E-state index contributed by atoms with van der Waals surface area (Å²) in [5.41, 5.74) is 7.29. The largest absolute Gasteiger partial charge is 0.755 e. The number of methoxy groups -OCH3 is 3. The number of nitrogens with zero attached hydrogens (tertiary/aromatic N) is 3. The molecular formula is C49H52BBrN6O10S2-2. The van der Waals surface area contributed by atoms with E-state index in [2.05, 4.69) is 57.4 Å². The van der Waals surface area contributed by atoms with Gasteiger partial charge in [-0.3, -0.25) is 13.2 Å². The summed E-state index contributed by atoms with van der Waals surface area (Å²) in [5.74, 6) is 1.83. The summed E-state index contributed by atoms with van der Waals surface area (Å²) in [4.78, 5) is 25.7. The van der Waals surface area contributed by atoms with Gasteiger partial charge in [-0.05, 0) is 92.2 Å². The van der Waals surface area contributed by atoms with E-state index in [1.54, 1.807) is 119 Å². The van der Waals surface area contributed by atoms with Gasteiger partial charge in [0.2, 0.25) is 23.2 Å². The number of ether oxygens (including phenoxy) is 3. The van der Waals surface area contributed by atoms with E-state index in [-0.39, 0.29) is 20.4 Å². The SMILES string of the molecule is C.C.COc1ccc(-c2ccc(NS(=O)[O-])cc2)cn1.COc1ccc(-c2ccccc2)cn1.COc1ccc(Br)cn1.O=c1ccc(-c2ccc(NS(=O)[O-])cc2)c[nH]1.OB(O)c1ccccc1. The molecule has 362 valence electrons. The summed E-state index contributed by atoms with van der Waals surface area (Å²) < 4.78 is 62.0. The van der Waals surface area contributed by atoms with Gasteiger partial charge in [0.1, 0.15) is 0 Å². The van der Waals surface area contributed by atoms with E-state index in [0.29, 0.717) is 34.5 Å². The monoisotopic (exact) mass is 1040 g/mol. The molecule has 2 atom stereocenters. The molecule has 0 saturated carbocycles. The van der Waals surface area contributed by atoms with Gasteiger partial charge in [-0.1, -0.05) is 99.8 Å². The molecule has 20 heteroatoms. The molecule has 5 N–H and O–H groups in total. The summed E-state index contributed by atoms with van der Waals surface area (Å²) in [6.07, 6.45) is 6.82. The van der Waals surface area contributed by atoms with E-state index in [9.17, 15) is 22.3 Å². The van der Waals surface area contributed by atoms with Gasteiger partial charge in [-0.25, -0.2) is 15.0 Å². The number of halogens is 1. The number of aromatic amines is 1. The number of hydrogen-bond acceptors (Lipinski definition) is 13. The van der Waals surface area contributed by atoms with E-state index in [4.69, 9.17) is 24.3 Å². The van der Waals surface area contributed by atoms with Gasteiger partial charge >= 0.3 is 7.12 Å². The van der Waals surface area contributed by atoms with Gasteiger partial charge in [0.25, 0.3) is 0 Å². The zero-order chi connectivity index (χ0) is 48.4. The minimum atomic E-state index is -2.32. The highest BCUT2D eigenvalue weighted by molar-refractivity contribution is 9.10. The summed E-state index contributed by atoms with van der Waals surface area (Å²) in [6.45, 7) is 0. The minimum Gasteiger partial charge on any atom is -0.755 e. The Kier molecular flexibility index (Phi) is 26.8. The molecule has 0 spiro atoms. The molecule has 0 aliphatic rings. The van der Waals surface area contributed by atoms with Crippen molar-refractivity contribution in [1.82, 2.24) is 19.9 Å². The van der Waals surface area contributed by atoms with Crippen LogP contribution in [0.15, 0.2) is 192 Å². The fraction of sp³-hybridized carbons (Fsp3) is 0.102. The molecule has 8 rings (SSSR count). The smallest absolute Gasteiger partial charge is 0.488 e. The molecule has 0 radical (unpaired) electrons. The number of hydrogen-bond donors (Lipinski definition) is 5. The maximum atomic E-state index is 10.9. The average molecular weight is 1040 g/mol. The zero-order valence-corrected chi connectivity index (χ0v) is 39.3. The van der Waals surface area contributed by atoms with Crippen molar-refractivity contribution < 1.29 is 41.8 Å². The Bertz CT molecular complexity index is 2730. The fourth-order valence-electron chi connectivity index (χ4n) is 5.33. The van der Waals surface area contributed by atoms with Crippen LogP contribution in [0.3, 0.4) is 0 Å². The Morgan fingerprint density at radius 2 is 0.899 bits per heavy atom. The lowest BCUT2D eigenvalue weighted by Gasteiger charge is -2.09. The first-order valence-electron chi connectivity index (χ1n) is 19.6. The number of H-pyrrole nitrogens is 1. The first kappa shape index (κ1) is 58.1. The van der Waals surface area contributed by atoms with Crippen molar-refractivity contribution in [3.05, 3.63) is 197 Å². The Morgan fingerprint density at radius 1 is 0.522 bits per heavy atom. The topological polar surface area (TPSA) is 244 Å². The lowest BCUT2D eigenvalue weighted by molar-refractivity contribution is 0.397. The molecule has 0 fully saturated rings. The molecule has 4 heterocycles. The third-order valence-electron chi connectivity index (χ3n) is 8.63. The summed E-state index contributed by atoms with van der Waals surface area (Å²) in [7, 11) is 3.43. The molecule has 0 aliphatic heterocycles. The number of aromatic nitrogens is 4. The molecule has 4 aromatic heterocycles. The Balaban J connectivity index is 0.000000301. The van der Waals surface area contributed by atoms with Crippen molar-refractivity contribution in [2.45, 2.75) is 14.9 Å². The summed E-state index contributed by atoms with van der Waals surface area (Å²) in [5, 5.41) is 17.2. The second-order valence-corrected chi connectivity index (χ2v) is 15.4. The van der Waals surface area contributed by atoms with Crippen LogP contribution in [0.4, 0.5) is 11.4 Å². The summed E-state index contributed by atoms with van der Waals surface area (Å²) in [6, 6.07) is 47.0. The van der Waals surface area contributed by atoms with Gasteiger partial charge in [0.05, 0.1) is 21.3 Å². The highest BCUT2D eigenvalue weighted by atomic mass is 79.9. The molecule has 4 aromatic carbocycles. The molecular weight excluding hydrogens is 987 g/mol. The Hall–Kier alpha value is -7.04. The molecule has 8 aromatic rings. The van der Waals surface area contributed by atoms with Crippen molar-refractivity contribution in [3.63, 3.8) is 0 Å². The lowest BCUT2D eigenvalue weighted by atomic mass is 9.81. The third-order valence-corrected chi connectivity index (χ3v) is 9.90. The molecule has 0 saturated heterocycles. The average Bonchev–Trinajstić information content (AvgIpc) is 3.36. The minimum absolute atomic E-state index is 0. The summed E-state index contributed by atoms with van der Waals surface area (Å²) >= 11 is -1.36. The van der Waals surface area contributed by atoms with Gasteiger partial charge in [0.15, 0.2) is 0 Å². The Morgan fingerprint density at radius 3 is 1.23 bits per heavy atom. The molecule has 69 heavy (non-hydrogen) atoms. The first-order valence-corrected chi connectivity index (χ1v) is 22.5. The molecule has 0 amide bonds. The van der Waals surface area contributed by atoms with E-state index in [1.807, 2.05) is 66.9 Å². The van der Waals surface area contributed by atoms with Crippen LogP contribution in [0.5, 0.6) is 17.6 Å². The van der Waals surface area contributed by atoms with Crippen LogP contribution in [0.1, 0.15) is 14.9 Å². The van der Waals surface area contributed by atoms with Crippen LogP contribution < -0.4 is 34.7 Å². The predicted molar refractivity (Wildman–Crippen MR) is 278 cm³/mol. The van der Waals surface area contributed by atoms with E-state index >= 15 is 0 Å². The lowest BCUT2D eigenvalue weighted by Crippen LogP contribution is -2.29. The number of benzene rings is 4. The van der Waals surface area contributed by atoms with Gasteiger partial charge in [-0.2, -0.15) is 0 Å². The number of rotatable bonds is 11. The third kappa shape index (κ3) is 21.6. The van der Waals surface area contributed by atoms with Gasteiger partial charge in [0, 0.05) is 98.6 Å². The predicted octanol–water partition coefficient (Wildman–Crippen LogP) is 8.46. The van der Waals surface area contributed by atoms with E-state index in [0.717, 1.165) is 32.3 Å². The number of nitrogens with one attached hydrogen (secondary N) is 3. The van der Waals surface area contributed by atoms with Crippen molar-refractivity contribution in [1.29, 1.82) is 0 Å². The second kappa shape index (κ2) is 31.8. The van der Waals surface area contributed by atoms with E-state index in [1.165, 1.54) is 11.6 Å². The second-order valence-electron chi connectivity index (χ2n) is 13.1. The van der Waals surface area contributed by atoms with Crippen LogP contribution in [0, 0.1) is 0 Å². The molecule has 2 unspecified atom stereocenters. The standard InChI is InChI=1S/C12H12N2O3S.C12H11NO.C11H10N2O3S.C6H7BO2.C6H6BrNO.2CH4/c1-17-12-7-4-10(8-13-12)9-2-5-11(6-3-9)14-18(15)16;1-14-12-8-7-11(9-13-12)10-5-3-2-4-6-10;14-11-6-3-9(7-12-11)8-1-4-10(5-2-8)13-17(15)16;8-7(9)6-4-2-1-3-5-6;1-9-6-3-2-5(7)4-8-6;;/h2-8,14H,1H3,(H,15,16);2-9H,1H3;1-7,13H,(H,12,14)(H,15,16);1-5,8-9H;2-4H,1H3;2*1H4/p-2. The van der Waals surface area contributed by atoms with Crippen molar-refractivity contribution in [2.75, 3.05) is 30.8 Å². The quantitative estimate of drug-likeness (QED) is 0.0604. The van der Waals surface area contributed by atoms with Crippen molar-refractivity contribution >= 4 is 62.4 Å². The molecule has 16 nitrogen and oxygen atoms in total. The highest BCUT2D eigenvalue weighted by Crippen LogP contribution is 2.23. The normalized spacial score (nSPS) is 10.4. The Labute approximate surface area is 416 Å². The van der Waals surface area contributed by atoms with Crippen LogP contribution in [-0.4, -0.2) is 76.0 Å². The van der Waals surface area contributed by atoms with Crippen LogP contribution in [0.2, 0.25) is 0 Å². The number of anilines is 2. The maximum Gasteiger partial charge on any atom is 0.488 e. The van der Waals surface area contributed by atoms with Crippen LogP contribution in [-0.2, 0) is 22.5 Å². The highest BCUT2D eigenvalue weighted by Gasteiger charge is 2.07. The van der Waals surface area contributed by atoms with Crippen LogP contribution in [0.25, 0.3) is 33.4 Å². The van der Waals surface area contributed by atoms with Crippen molar-refractivity contribution in [3.8, 4) is 51.0 Å². The van der Waals surface area contributed by atoms with Crippen LogP contribution >= 0.6 is 15.9 Å². The maximum absolute atomic E-state index is 10.9. The zero-order valence-electron chi connectivity index (χ0n) is 36.1.